The van der Waals surface area contributed by atoms with E-state index in [2.05, 4.69) is 13.8 Å². The van der Waals surface area contributed by atoms with Gasteiger partial charge in [-0.25, -0.2) is 0 Å². The summed E-state index contributed by atoms with van der Waals surface area (Å²) in [5.74, 6) is 0. The highest BCUT2D eigenvalue weighted by Crippen LogP contribution is 2.30. The summed E-state index contributed by atoms with van der Waals surface area (Å²) in [6.07, 6.45) is 9.59. The Bertz CT molecular complexity index is 284. The SMILES string of the molecule is CCCCCCC(C)(CCCCCC)S(=O)(=O)O. The van der Waals surface area contributed by atoms with E-state index in [1.807, 2.05) is 0 Å². The normalized spacial score (nSPS) is 12.9. The van der Waals surface area contributed by atoms with Crippen molar-refractivity contribution in [1.82, 2.24) is 0 Å². The van der Waals surface area contributed by atoms with Gasteiger partial charge in [0.25, 0.3) is 10.1 Å². The number of unbranched alkanes of at least 4 members (excludes halogenated alkanes) is 6. The lowest BCUT2D eigenvalue weighted by Crippen LogP contribution is -2.35. The fourth-order valence-corrected chi connectivity index (χ4v) is 3.04. The monoisotopic (exact) mass is 278 g/mol. The lowest BCUT2D eigenvalue weighted by Gasteiger charge is -2.26. The van der Waals surface area contributed by atoms with Crippen LogP contribution in [0.2, 0.25) is 0 Å². The Labute approximate surface area is 113 Å². The Morgan fingerprint density at radius 1 is 0.833 bits per heavy atom. The van der Waals surface area contributed by atoms with E-state index >= 15 is 0 Å². The maximum Gasteiger partial charge on any atom is 0.270 e. The molecule has 0 aromatic carbocycles. The highest BCUT2D eigenvalue weighted by Gasteiger charge is 2.36. The van der Waals surface area contributed by atoms with Gasteiger partial charge in [-0.05, 0) is 19.8 Å². The van der Waals surface area contributed by atoms with Crippen LogP contribution >= 0.6 is 0 Å². The number of rotatable bonds is 11. The predicted molar refractivity (Wildman–Crippen MR) is 77.5 cm³/mol. The van der Waals surface area contributed by atoms with Crippen LogP contribution in [0.4, 0.5) is 0 Å². The average molecular weight is 278 g/mol. The molecule has 0 aromatic rings. The first kappa shape index (κ1) is 17.9. The van der Waals surface area contributed by atoms with Crippen LogP contribution in [-0.2, 0) is 10.1 Å². The minimum atomic E-state index is -3.94. The molecule has 1 N–H and O–H groups in total. The van der Waals surface area contributed by atoms with E-state index in [0.29, 0.717) is 12.8 Å². The third kappa shape index (κ3) is 6.74. The minimum absolute atomic E-state index is 0.581. The average Bonchev–Trinajstić information content (AvgIpc) is 2.29. The standard InChI is InChI=1S/C14H30O3S/c1-4-6-8-10-12-14(3,18(15,16)17)13-11-9-7-5-2/h4-13H2,1-3H3,(H,15,16,17). The first-order valence-corrected chi connectivity index (χ1v) is 8.78. The maximum absolute atomic E-state index is 11.5. The van der Waals surface area contributed by atoms with Crippen LogP contribution in [0, 0.1) is 0 Å². The highest BCUT2D eigenvalue weighted by atomic mass is 32.2. The fraction of sp³-hybridized carbons (Fsp3) is 1.00. The second-order valence-corrected chi connectivity index (χ2v) is 7.48. The summed E-state index contributed by atoms with van der Waals surface area (Å²) in [4.78, 5) is 0. The lowest BCUT2D eigenvalue weighted by atomic mass is 9.95. The zero-order chi connectivity index (χ0) is 14.1. The van der Waals surface area contributed by atoms with Gasteiger partial charge < -0.3 is 0 Å². The van der Waals surface area contributed by atoms with Gasteiger partial charge in [-0.3, -0.25) is 4.55 Å². The summed E-state index contributed by atoms with van der Waals surface area (Å²) in [6, 6.07) is 0. The van der Waals surface area contributed by atoms with Gasteiger partial charge >= 0.3 is 0 Å². The molecule has 0 aliphatic rings. The van der Waals surface area contributed by atoms with Gasteiger partial charge in [0.05, 0.1) is 4.75 Å². The zero-order valence-corrected chi connectivity index (χ0v) is 13.1. The van der Waals surface area contributed by atoms with E-state index in [0.717, 1.165) is 51.4 Å². The molecule has 0 bridgehead atoms. The molecule has 0 spiro atoms. The third-order valence-corrected chi connectivity index (χ3v) is 5.39. The van der Waals surface area contributed by atoms with E-state index in [-0.39, 0.29) is 0 Å². The Kier molecular flexibility index (Phi) is 8.87. The summed E-state index contributed by atoms with van der Waals surface area (Å²) in [7, 11) is -3.94. The Balaban J connectivity index is 4.27. The lowest BCUT2D eigenvalue weighted by molar-refractivity contribution is 0.386. The second-order valence-electron chi connectivity index (χ2n) is 5.55. The van der Waals surface area contributed by atoms with Crippen LogP contribution in [0.5, 0.6) is 0 Å². The van der Waals surface area contributed by atoms with Crippen molar-refractivity contribution in [3.8, 4) is 0 Å². The molecule has 0 fully saturated rings. The molecule has 0 atom stereocenters. The van der Waals surface area contributed by atoms with Gasteiger partial charge in [-0.2, -0.15) is 8.42 Å². The molecule has 0 rings (SSSR count). The molecule has 0 saturated carbocycles. The first-order valence-electron chi connectivity index (χ1n) is 7.34. The van der Waals surface area contributed by atoms with Crippen molar-refractivity contribution < 1.29 is 13.0 Å². The van der Waals surface area contributed by atoms with E-state index in [1.165, 1.54) is 0 Å². The van der Waals surface area contributed by atoms with Gasteiger partial charge in [-0.15, -0.1) is 0 Å². The Hall–Kier alpha value is -0.0900. The van der Waals surface area contributed by atoms with Crippen LogP contribution in [-0.4, -0.2) is 17.7 Å². The molecule has 18 heavy (non-hydrogen) atoms. The molecule has 0 amide bonds. The molecule has 0 unspecified atom stereocenters. The third-order valence-electron chi connectivity index (χ3n) is 3.74. The van der Waals surface area contributed by atoms with Crippen LogP contribution in [0.25, 0.3) is 0 Å². The van der Waals surface area contributed by atoms with Crippen molar-refractivity contribution in [3.05, 3.63) is 0 Å². The van der Waals surface area contributed by atoms with Gasteiger partial charge in [0.1, 0.15) is 0 Å². The van der Waals surface area contributed by atoms with Gasteiger partial charge in [-0.1, -0.05) is 65.2 Å². The topological polar surface area (TPSA) is 54.4 Å². The number of hydrogen-bond donors (Lipinski definition) is 1. The van der Waals surface area contributed by atoms with Crippen molar-refractivity contribution >= 4 is 10.1 Å². The highest BCUT2D eigenvalue weighted by molar-refractivity contribution is 7.87. The second kappa shape index (κ2) is 8.92. The molecule has 0 aromatic heterocycles. The van der Waals surface area contributed by atoms with E-state index in [1.54, 1.807) is 6.92 Å². The van der Waals surface area contributed by atoms with Crippen molar-refractivity contribution in [2.45, 2.75) is 89.7 Å². The molecule has 0 radical (unpaired) electrons. The van der Waals surface area contributed by atoms with Crippen LogP contribution in [0.1, 0.15) is 85.0 Å². The molecule has 4 heteroatoms. The minimum Gasteiger partial charge on any atom is -0.285 e. The van der Waals surface area contributed by atoms with Gasteiger partial charge in [0, 0.05) is 0 Å². The van der Waals surface area contributed by atoms with E-state index < -0.39 is 14.9 Å². The molecule has 0 aliphatic carbocycles. The quantitative estimate of drug-likeness (QED) is 0.445. The van der Waals surface area contributed by atoms with Crippen LogP contribution < -0.4 is 0 Å². The Morgan fingerprint density at radius 2 is 1.22 bits per heavy atom. The zero-order valence-electron chi connectivity index (χ0n) is 12.2. The molecule has 0 saturated heterocycles. The van der Waals surface area contributed by atoms with Crippen LogP contribution in [0.15, 0.2) is 0 Å². The molecule has 3 nitrogen and oxygen atoms in total. The first-order chi connectivity index (χ1) is 8.37. The summed E-state index contributed by atoms with van der Waals surface area (Å²) in [5.41, 5.74) is 0. The fourth-order valence-electron chi connectivity index (χ4n) is 2.23. The predicted octanol–water partition coefficient (Wildman–Crippen LogP) is 4.57. The largest absolute Gasteiger partial charge is 0.285 e. The van der Waals surface area contributed by atoms with Crippen molar-refractivity contribution in [1.29, 1.82) is 0 Å². The Morgan fingerprint density at radius 3 is 1.50 bits per heavy atom. The van der Waals surface area contributed by atoms with Crippen molar-refractivity contribution in [2.24, 2.45) is 0 Å². The van der Waals surface area contributed by atoms with Gasteiger partial charge in [0.15, 0.2) is 0 Å². The smallest absolute Gasteiger partial charge is 0.270 e. The van der Waals surface area contributed by atoms with Crippen molar-refractivity contribution in [3.63, 3.8) is 0 Å². The molecular weight excluding hydrogens is 248 g/mol. The molecule has 0 aliphatic heterocycles. The summed E-state index contributed by atoms with van der Waals surface area (Å²) < 4.78 is 31.6. The summed E-state index contributed by atoms with van der Waals surface area (Å²) >= 11 is 0. The van der Waals surface area contributed by atoms with Crippen molar-refractivity contribution in [2.75, 3.05) is 0 Å². The summed E-state index contributed by atoms with van der Waals surface area (Å²) in [6.45, 7) is 5.96. The number of hydrogen-bond acceptors (Lipinski definition) is 2. The van der Waals surface area contributed by atoms with Crippen LogP contribution in [0.3, 0.4) is 0 Å². The maximum atomic E-state index is 11.5. The van der Waals surface area contributed by atoms with E-state index in [4.69, 9.17) is 0 Å². The van der Waals surface area contributed by atoms with Gasteiger partial charge in [0.2, 0.25) is 0 Å². The molecular formula is C14H30O3S. The molecule has 110 valence electrons. The van der Waals surface area contributed by atoms with E-state index in [9.17, 15) is 13.0 Å². The molecule has 0 heterocycles. The summed E-state index contributed by atoms with van der Waals surface area (Å²) in [5, 5.41) is 0.